The van der Waals surface area contributed by atoms with Crippen LogP contribution in [0.1, 0.15) is 60.9 Å². The second-order valence-corrected chi connectivity index (χ2v) is 10.2. The van der Waals surface area contributed by atoms with Crippen LogP contribution in [0.4, 0.5) is 0 Å². The third kappa shape index (κ3) is 5.59. The number of aliphatic hydroxyl groups is 1. The third-order valence-corrected chi connectivity index (χ3v) is 7.35. The Morgan fingerprint density at radius 1 is 1.17 bits per heavy atom. The molecule has 5 rings (SSSR count). The molecule has 1 saturated carbocycles. The minimum absolute atomic E-state index is 0.198. The average molecular weight is 511 g/mol. The predicted molar refractivity (Wildman–Crippen MR) is 137 cm³/mol. The van der Waals surface area contributed by atoms with Gasteiger partial charge in [-0.1, -0.05) is 41.9 Å². The van der Waals surface area contributed by atoms with Crippen LogP contribution in [0.15, 0.2) is 48.7 Å². The number of nitrogens with one attached hydrogen (secondary N) is 1. The Labute approximate surface area is 215 Å². The number of nitrogens with zero attached hydrogens (tertiary/aromatic N) is 1. The van der Waals surface area contributed by atoms with E-state index in [0.717, 1.165) is 28.8 Å². The van der Waals surface area contributed by atoms with Gasteiger partial charge in [-0.2, -0.15) is 0 Å². The van der Waals surface area contributed by atoms with E-state index in [9.17, 15) is 14.7 Å². The molecule has 2 N–H and O–H groups in total. The fourth-order valence-electron chi connectivity index (χ4n) is 5.03. The number of halogens is 1. The molecule has 1 aliphatic heterocycles. The van der Waals surface area contributed by atoms with Crippen molar-refractivity contribution in [2.75, 3.05) is 13.7 Å². The Balaban J connectivity index is 1.35. The zero-order valence-electron chi connectivity index (χ0n) is 20.3. The Hall–Kier alpha value is -2.87. The minimum atomic E-state index is -0.597. The topological polar surface area (TPSA) is 89.8 Å². The lowest BCUT2D eigenvalue weighted by molar-refractivity contribution is -0.145. The van der Waals surface area contributed by atoms with Gasteiger partial charge in [0, 0.05) is 31.0 Å². The monoisotopic (exact) mass is 510 g/mol. The van der Waals surface area contributed by atoms with E-state index in [1.807, 2.05) is 22.8 Å². The van der Waals surface area contributed by atoms with Crippen LogP contribution in [-0.4, -0.2) is 47.4 Å². The first-order valence-electron chi connectivity index (χ1n) is 12.4. The summed E-state index contributed by atoms with van der Waals surface area (Å²) in [4.78, 5) is 23.3. The number of aromatic nitrogens is 1. The third-order valence-electron chi connectivity index (χ3n) is 7.04. The standard InChI is InChI=1S/C28H31ClN2O5/c1-35-27(34)14-25(33)30-15-22-12-21(32)13-26(36-22)31-16-20(28-23(29)3-2-4-24(28)31)11-17-5-7-18(8-6-17)19-9-10-19/h2-8,16,19,21-22,26,32H,9-15H2,1H3,(H,30,33). The van der Waals surface area contributed by atoms with Gasteiger partial charge < -0.3 is 24.5 Å². The lowest BCUT2D eigenvalue weighted by Crippen LogP contribution is -2.41. The molecule has 0 bridgehead atoms. The van der Waals surface area contributed by atoms with E-state index < -0.39 is 30.3 Å². The second kappa shape index (κ2) is 10.6. The number of rotatable bonds is 8. The number of carbonyl (C=O) groups excluding carboxylic acids is 2. The van der Waals surface area contributed by atoms with Crippen LogP contribution >= 0.6 is 11.6 Å². The Morgan fingerprint density at radius 2 is 1.94 bits per heavy atom. The smallest absolute Gasteiger partial charge is 0.315 e. The molecule has 3 atom stereocenters. The molecule has 7 nitrogen and oxygen atoms in total. The highest BCUT2D eigenvalue weighted by atomic mass is 35.5. The van der Waals surface area contributed by atoms with Crippen molar-refractivity contribution in [2.45, 2.75) is 62.9 Å². The predicted octanol–water partition coefficient (Wildman–Crippen LogP) is 4.48. The molecule has 190 valence electrons. The molecule has 1 aromatic heterocycles. The molecule has 0 radical (unpaired) electrons. The van der Waals surface area contributed by atoms with Crippen molar-refractivity contribution < 1.29 is 24.2 Å². The van der Waals surface area contributed by atoms with Crippen molar-refractivity contribution in [2.24, 2.45) is 0 Å². The first-order chi connectivity index (χ1) is 17.4. The average Bonchev–Trinajstić information content (AvgIpc) is 3.65. The molecule has 1 saturated heterocycles. The van der Waals surface area contributed by atoms with Crippen molar-refractivity contribution in [3.63, 3.8) is 0 Å². The van der Waals surface area contributed by atoms with Gasteiger partial charge in [0.05, 0.1) is 29.9 Å². The first-order valence-corrected chi connectivity index (χ1v) is 12.8. The number of hydrogen-bond acceptors (Lipinski definition) is 5. The molecule has 3 unspecified atom stereocenters. The summed E-state index contributed by atoms with van der Waals surface area (Å²) < 4.78 is 12.9. The maximum atomic E-state index is 12.0. The van der Waals surface area contributed by atoms with Crippen LogP contribution in [-0.2, 0) is 25.5 Å². The number of amides is 1. The fraction of sp³-hybridized carbons (Fsp3) is 0.429. The van der Waals surface area contributed by atoms with Gasteiger partial charge in [0.2, 0.25) is 5.91 Å². The summed E-state index contributed by atoms with van der Waals surface area (Å²) in [5, 5.41) is 15.0. The van der Waals surface area contributed by atoms with Crippen molar-refractivity contribution >= 4 is 34.4 Å². The summed E-state index contributed by atoms with van der Waals surface area (Å²) in [5.41, 5.74) is 4.67. The van der Waals surface area contributed by atoms with Gasteiger partial charge in [-0.05, 0) is 54.0 Å². The number of hydrogen-bond donors (Lipinski definition) is 2. The van der Waals surface area contributed by atoms with Gasteiger partial charge in [-0.15, -0.1) is 0 Å². The van der Waals surface area contributed by atoms with Gasteiger partial charge in [0.25, 0.3) is 0 Å². The molecule has 0 spiro atoms. The lowest BCUT2D eigenvalue weighted by Gasteiger charge is -2.34. The van der Waals surface area contributed by atoms with Gasteiger partial charge in [-0.25, -0.2) is 0 Å². The van der Waals surface area contributed by atoms with E-state index >= 15 is 0 Å². The number of esters is 1. The van der Waals surface area contributed by atoms with E-state index in [-0.39, 0.29) is 13.0 Å². The Morgan fingerprint density at radius 3 is 2.67 bits per heavy atom. The molecule has 2 heterocycles. The van der Waals surface area contributed by atoms with Gasteiger partial charge >= 0.3 is 5.97 Å². The SMILES string of the molecule is COC(=O)CC(=O)NCC1CC(O)CC(n2cc(Cc3ccc(C4CC4)cc3)c3c(Cl)cccc32)O1. The molecule has 8 heteroatoms. The molecule has 2 fully saturated rings. The molecule has 1 amide bonds. The molecule has 36 heavy (non-hydrogen) atoms. The maximum absolute atomic E-state index is 12.0. The normalized spacial score (nSPS) is 21.9. The van der Waals surface area contributed by atoms with E-state index in [4.69, 9.17) is 16.3 Å². The molecular weight excluding hydrogens is 480 g/mol. The van der Waals surface area contributed by atoms with Crippen molar-refractivity contribution in [1.29, 1.82) is 0 Å². The van der Waals surface area contributed by atoms with Gasteiger partial charge in [0.1, 0.15) is 12.6 Å². The van der Waals surface area contributed by atoms with E-state index in [1.54, 1.807) is 0 Å². The summed E-state index contributed by atoms with van der Waals surface area (Å²) >= 11 is 6.66. The highest BCUT2D eigenvalue weighted by Gasteiger charge is 2.31. The maximum Gasteiger partial charge on any atom is 0.315 e. The van der Waals surface area contributed by atoms with Gasteiger partial charge in [-0.3, -0.25) is 9.59 Å². The van der Waals surface area contributed by atoms with Crippen LogP contribution in [0.2, 0.25) is 5.02 Å². The number of carbonyl (C=O) groups is 2. The highest BCUT2D eigenvalue weighted by molar-refractivity contribution is 6.35. The minimum Gasteiger partial charge on any atom is -0.469 e. The summed E-state index contributed by atoms with van der Waals surface area (Å²) in [7, 11) is 1.24. The summed E-state index contributed by atoms with van der Waals surface area (Å²) in [6.07, 6.45) is 4.47. The van der Waals surface area contributed by atoms with E-state index in [1.165, 1.54) is 31.1 Å². The Bertz CT molecular complexity index is 1250. The van der Waals surface area contributed by atoms with E-state index in [0.29, 0.717) is 17.9 Å². The number of fused-ring (bicyclic) bond motifs is 1. The number of methoxy groups -OCH3 is 1. The van der Waals surface area contributed by atoms with Crippen LogP contribution in [0.5, 0.6) is 0 Å². The van der Waals surface area contributed by atoms with Crippen molar-refractivity contribution in [1.82, 2.24) is 9.88 Å². The molecule has 3 aromatic rings. The number of aliphatic hydroxyl groups excluding tert-OH is 1. The summed E-state index contributed by atoms with van der Waals surface area (Å²) in [6, 6.07) is 14.7. The number of benzene rings is 2. The largest absolute Gasteiger partial charge is 0.469 e. The van der Waals surface area contributed by atoms with Crippen LogP contribution in [0.3, 0.4) is 0 Å². The van der Waals surface area contributed by atoms with Crippen molar-refractivity contribution in [3.05, 3.63) is 70.4 Å². The Kier molecular flexibility index (Phi) is 7.32. The van der Waals surface area contributed by atoms with Gasteiger partial charge in [0.15, 0.2) is 0 Å². The van der Waals surface area contributed by atoms with Crippen LogP contribution in [0.25, 0.3) is 10.9 Å². The first kappa shape index (κ1) is 24.8. The zero-order chi connectivity index (χ0) is 25.2. The lowest BCUT2D eigenvalue weighted by atomic mass is 10.0. The summed E-state index contributed by atoms with van der Waals surface area (Å²) in [6.45, 7) is 0.198. The van der Waals surface area contributed by atoms with E-state index in [2.05, 4.69) is 40.5 Å². The second-order valence-electron chi connectivity index (χ2n) is 9.78. The number of ether oxygens (including phenoxy) is 2. The summed E-state index contributed by atoms with van der Waals surface area (Å²) in [5.74, 6) is -0.306. The van der Waals surface area contributed by atoms with Crippen LogP contribution in [0, 0.1) is 0 Å². The highest BCUT2D eigenvalue weighted by Crippen LogP contribution is 2.40. The van der Waals surface area contributed by atoms with Crippen LogP contribution < -0.4 is 5.32 Å². The fourth-order valence-corrected chi connectivity index (χ4v) is 5.32. The zero-order valence-corrected chi connectivity index (χ0v) is 21.0. The molecule has 2 aliphatic rings. The molecule has 1 aliphatic carbocycles. The molecule has 2 aromatic carbocycles. The molecular formula is C28H31ClN2O5. The quantitative estimate of drug-likeness (QED) is 0.344. The van der Waals surface area contributed by atoms with Crippen molar-refractivity contribution in [3.8, 4) is 0 Å².